The summed E-state index contributed by atoms with van der Waals surface area (Å²) < 4.78 is 0. The van der Waals surface area contributed by atoms with E-state index in [9.17, 15) is 10.1 Å². The number of amides is 1. The second kappa shape index (κ2) is 6.80. The quantitative estimate of drug-likeness (QED) is 0.865. The van der Waals surface area contributed by atoms with Crippen LogP contribution in [0, 0.1) is 24.2 Å². The van der Waals surface area contributed by atoms with E-state index in [0.717, 1.165) is 24.0 Å². The van der Waals surface area contributed by atoms with Crippen molar-refractivity contribution in [1.82, 2.24) is 5.32 Å². The molecule has 1 rings (SSSR count). The van der Waals surface area contributed by atoms with Crippen molar-refractivity contribution >= 4 is 5.91 Å². The van der Waals surface area contributed by atoms with Gasteiger partial charge in [0.25, 0.3) is 0 Å². The third-order valence-corrected chi connectivity index (χ3v) is 3.27. The molecule has 3 nitrogen and oxygen atoms in total. The van der Waals surface area contributed by atoms with E-state index in [1.54, 1.807) is 0 Å². The molecule has 1 aromatic rings. The van der Waals surface area contributed by atoms with Gasteiger partial charge in [-0.1, -0.05) is 38.1 Å². The molecule has 1 unspecified atom stereocenters. The first-order chi connectivity index (χ1) is 8.63. The van der Waals surface area contributed by atoms with Gasteiger partial charge < -0.3 is 5.32 Å². The van der Waals surface area contributed by atoms with E-state index in [2.05, 4.69) is 11.4 Å². The predicted molar refractivity (Wildman–Crippen MR) is 71.7 cm³/mol. The van der Waals surface area contributed by atoms with Crippen LogP contribution in [0.25, 0.3) is 0 Å². The van der Waals surface area contributed by atoms with Crippen LogP contribution in [0.4, 0.5) is 0 Å². The first-order valence-electron chi connectivity index (χ1n) is 6.39. The lowest BCUT2D eigenvalue weighted by atomic mass is 9.99. The predicted octanol–water partition coefficient (Wildman–Crippen LogP) is 3.11. The van der Waals surface area contributed by atoms with E-state index >= 15 is 0 Å². The Balaban J connectivity index is 2.84. The SMILES string of the molecule is CCC(CC)C(=O)NC(C#N)c1ccccc1C. The van der Waals surface area contributed by atoms with Crippen LogP contribution in [0.3, 0.4) is 0 Å². The molecule has 0 heterocycles. The summed E-state index contributed by atoms with van der Waals surface area (Å²) in [7, 11) is 0. The molecule has 96 valence electrons. The number of carbonyl (C=O) groups excluding carboxylic acids is 1. The Labute approximate surface area is 109 Å². The van der Waals surface area contributed by atoms with Gasteiger partial charge in [0.05, 0.1) is 6.07 Å². The molecule has 18 heavy (non-hydrogen) atoms. The number of nitrogens with one attached hydrogen (secondary N) is 1. The lowest BCUT2D eigenvalue weighted by Crippen LogP contribution is -2.33. The highest BCUT2D eigenvalue weighted by Crippen LogP contribution is 2.18. The van der Waals surface area contributed by atoms with Gasteiger partial charge in [-0.2, -0.15) is 5.26 Å². The Morgan fingerprint density at radius 3 is 2.44 bits per heavy atom. The van der Waals surface area contributed by atoms with Gasteiger partial charge in [-0.25, -0.2) is 0 Å². The molecule has 0 fully saturated rings. The number of carbonyl (C=O) groups is 1. The van der Waals surface area contributed by atoms with Gasteiger partial charge in [-0.3, -0.25) is 4.79 Å². The Morgan fingerprint density at radius 1 is 1.33 bits per heavy atom. The first kappa shape index (κ1) is 14.2. The maximum Gasteiger partial charge on any atom is 0.224 e. The van der Waals surface area contributed by atoms with Crippen molar-refractivity contribution in [3.63, 3.8) is 0 Å². The minimum absolute atomic E-state index is 0.00938. The molecule has 0 aliphatic rings. The molecule has 0 aliphatic carbocycles. The van der Waals surface area contributed by atoms with Gasteiger partial charge in [0.1, 0.15) is 6.04 Å². The van der Waals surface area contributed by atoms with Crippen LogP contribution in [0.15, 0.2) is 24.3 Å². The number of rotatable bonds is 5. The van der Waals surface area contributed by atoms with Gasteiger partial charge in [0.15, 0.2) is 0 Å². The van der Waals surface area contributed by atoms with E-state index in [4.69, 9.17) is 0 Å². The first-order valence-corrected chi connectivity index (χ1v) is 6.39. The summed E-state index contributed by atoms with van der Waals surface area (Å²) in [6, 6.07) is 9.25. The highest BCUT2D eigenvalue weighted by atomic mass is 16.1. The second-order valence-corrected chi connectivity index (χ2v) is 4.44. The van der Waals surface area contributed by atoms with Crippen molar-refractivity contribution in [3.8, 4) is 6.07 Å². The summed E-state index contributed by atoms with van der Waals surface area (Å²) in [5.41, 5.74) is 1.90. The zero-order valence-electron chi connectivity index (χ0n) is 11.2. The lowest BCUT2D eigenvalue weighted by molar-refractivity contribution is -0.125. The number of nitriles is 1. The third kappa shape index (κ3) is 3.33. The van der Waals surface area contributed by atoms with Crippen LogP contribution in [0.2, 0.25) is 0 Å². The molecule has 0 bridgehead atoms. The molecule has 0 saturated carbocycles. The number of benzene rings is 1. The van der Waals surface area contributed by atoms with Crippen molar-refractivity contribution in [2.45, 2.75) is 39.7 Å². The van der Waals surface area contributed by atoms with Gasteiger partial charge in [-0.05, 0) is 30.9 Å². The molecule has 1 amide bonds. The van der Waals surface area contributed by atoms with E-state index in [-0.39, 0.29) is 11.8 Å². The number of hydrogen-bond acceptors (Lipinski definition) is 2. The normalized spacial score (nSPS) is 11.9. The monoisotopic (exact) mass is 244 g/mol. The average molecular weight is 244 g/mol. The molecule has 0 saturated heterocycles. The molecular formula is C15H20N2O. The van der Waals surface area contributed by atoms with Crippen LogP contribution < -0.4 is 5.32 Å². The average Bonchev–Trinajstić information content (AvgIpc) is 2.38. The number of hydrogen-bond donors (Lipinski definition) is 1. The zero-order valence-corrected chi connectivity index (χ0v) is 11.2. The van der Waals surface area contributed by atoms with Gasteiger partial charge in [0.2, 0.25) is 5.91 Å². The summed E-state index contributed by atoms with van der Waals surface area (Å²) in [5, 5.41) is 12.0. The molecule has 1 N–H and O–H groups in total. The summed E-state index contributed by atoms with van der Waals surface area (Å²) in [6.45, 7) is 5.93. The van der Waals surface area contributed by atoms with Crippen molar-refractivity contribution in [2.75, 3.05) is 0 Å². The Bertz CT molecular complexity index is 444. The molecule has 0 radical (unpaired) electrons. The van der Waals surface area contributed by atoms with Crippen molar-refractivity contribution in [1.29, 1.82) is 5.26 Å². The molecule has 3 heteroatoms. The van der Waals surface area contributed by atoms with Crippen molar-refractivity contribution in [2.24, 2.45) is 5.92 Å². The van der Waals surface area contributed by atoms with Crippen LogP contribution in [-0.2, 0) is 4.79 Å². The molecule has 0 aliphatic heterocycles. The summed E-state index contributed by atoms with van der Waals surface area (Å²) in [5.74, 6) is -0.0420. The summed E-state index contributed by atoms with van der Waals surface area (Å²) in [6.07, 6.45) is 1.60. The standard InChI is InChI=1S/C15H20N2O/c1-4-12(5-2)15(18)17-14(10-16)13-9-7-6-8-11(13)3/h6-9,12,14H,4-5H2,1-3H3,(H,17,18). The maximum atomic E-state index is 12.0. The van der Waals surface area contributed by atoms with Crippen LogP contribution >= 0.6 is 0 Å². The minimum atomic E-state index is -0.556. The summed E-state index contributed by atoms with van der Waals surface area (Å²) in [4.78, 5) is 12.0. The fourth-order valence-electron chi connectivity index (χ4n) is 2.01. The van der Waals surface area contributed by atoms with Gasteiger partial charge in [0, 0.05) is 5.92 Å². The molecular weight excluding hydrogens is 224 g/mol. The molecule has 1 aromatic carbocycles. The van der Waals surface area contributed by atoms with Gasteiger partial charge in [-0.15, -0.1) is 0 Å². The van der Waals surface area contributed by atoms with Crippen LogP contribution in [-0.4, -0.2) is 5.91 Å². The Morgan fingerprint density at radius 2 is 1.94 bits per heavy atom. The smallest absolute Gasteiger partial charge is 0.224 e. The maximum absolute atomic E-state index is 12.0. The largest absolute Gasteiger partial charge is 0.336 e. The van der Waals surface area contributed by atoms with E-state index < -0.39 is 6.04 Å². The topological polar surface area (TPSA) is 52.9 Å². The van der Waals surface area contributed by atoms with Crippen LogP contribution in [0.1, 0.15) is 43.9 Å². The lowest BCUT2D eigenvalue weighted by Gasteiger charge is -2.18. The summed E-state index contributed by atoms with van der Waals surface area (Å²) >= 11 is 0. The highest BCUT2D eigenvalue weighted by Gasteiger charge is 2.20. The van der Waals surface area contributed by atoms with Crippen LogP contribution in [0.5, 0.6) is 0 Å². The third-order valence-electron chi connectivity index (χ3n) is 3.27. The van der Waals surface area contributed by atoms with Crippen molar-refractivity contribution < 1.29 is 4.79 Å². The Hall–Kier alpha value is -1.82. The van der Waals surface area contributed by atoms with E-state index in [1.165, 1.54) is 0 Å². The fraction of sp³-hybridized carbons (Fsp3) is 0.467. The van der Waals surface area contributed by atoms with E-state index in [0.29, 0.717) is 0 Å². The minimum Gasteiger partial charge on any atom is -0.336 e. The fourth-order valence-corrected chi connectivity index (χ4v) is 2.01. The molecule has 0 aromatic heterocycles. The Kier molecular flexibility index (Phi) is 5.38. The zero-order chi connectivity index (χ0) is 13.5. The van der Waals surface area contributed by atoms with Crippen molar-refractivity contribution in [3.05, 3.63) is 35.4 Å². The van der Waals surface area contributed by atoms with Gasteiger partial charge >= 0.3 is 0 Å². The highest BCUT2D eigenvalue weighted by molar-refractivity contribution is 5.79. The molecule has 1 atom stereocenters. The second-order valence-electron chi connectivity index (χ2n) is 4.44. The number of nitrogens with zero attached hydrogens (tertiary/aromatic N) is 1. The number of aryl methyl sites for hydroxylation is 1. The van der Waals surface area contributed by atoms with E-state index in [1.807, 2.05) is 45.0 Å². The molecule has 0 spiro atoms.